The van der Waals surface area contributed by atoms with Crippen LogP contribution in [0.5, 0.6) is 0 Å². The minimum Gasteiger partial charge on any atom is -0.460 e. The third-order valence-electron chi connectivity index (χ3n) is 2.23. The number of fused-ring (bicyclic) bond motifs is 1. The molecule has 2 heterocycles. The summed E-state index contributed by atoms with van der Waals surface area (Å²) in [5.74, 6) is 1.10. The molecule has 0 aliphatic carbocycles. The number of aryl methyl sites for hydroxylation is 3. The molecule has 0 bridgehead atoms. The van der Waals surface area contributed by atoms with Gasteiger partial charge in [0.15, 0.2) is 0 Å². The van der Waals surface area contributed by atoms with Crippen molar-refractivity contribution in [1.82, 2.24) is 0 Å². The Morgan fingerprint density at radius 3 is 2.75 bits per heavy atom. The molecule has 0 radical (unpaired) electrons. The largest absolute Gasteiger partial charge is 0.460 e. The fourth-order valence-electron chi connectivity index (χ4n) is 1.34. The smallest absolute Gasteiger partial charge is 0.148 e. The molecule has 0 saturated carbocycles. The molecule has 64 valence electrons. The normalized spacial score (nSPS) is 11.2. The average Bonchev–Trinajstić information content (AvgIpc) is 2.55. The van der Waals surface area contributed by atoms with Crippen molar-refractivity contribution in [2.24, 2.45) is 0 Å². The maximum absolute atomic E-state index is 5.68. The summed E-state index contributed by atoms with van der Waals surface area (Å²) in [6.45, 7) is 6.38. The van der Waals surface area contributed by atoms with Crippen LogP contribution in [0.3, 0.4) is 0 Å². The predicted molar refractivity (Wildman–Crippen MR) is 52.9 cm³/mol. The van der Waals surface area contributed by atoms with E-state index in [-0.39, 0.29) is 0 Å². The van der Waals surface area contributed by atoms with E-state index in [0.717, 1.165) is 17.8 Å². The van der Waals surface area contributed by atoms with Gasteiger partial charge in [-0.2, -0.15) is 0 Å². The van der Waals surface area contributed by atoms with Crippen LogP contribution in [0.4, 0.5) is 0 Å². The van der Waals surface area contributed by atoms with E-state index in [0.29, 0.717) is 0 Å². The molecule has 0 atom stereocenters. The first kappa shape index (κ1) is 7.87. The van der Waals surface area contributed by atoms with Crippen LogP contribution in [0.15, 0.2) is 10.5 Å². The minimum absolute atomic E-state index is 0.986. The zero-order valence-electron chi connectivity index (χ0n) is 7.60. The van der Waals surface area contributed by atoms with Crippen LogP contribution >= 0.6 is 11.3 Å². The van der Waals surface area contributed by atoms with Gasteiger partial charge in [0.2, 0.25) is 0 Å². The van der Waals surface area contributed by atoms with E-state index in [4.69, 9.17) is 4.42 Å². The van der Waals surface area contributed by atoms with Crippen LogP contribution in [0, 0.1) is 13.8 Å². The highest BCUT2D eigenvalue weighted by Gasteiger charge is 2.09. The lowest BCUT2D eigenvalue weighted by molar-refractivity contribution is 0.555. The van der Waals surface area contributed by atoms with Gasteiger partial charge in [-0.15, -0.1) is 11.3 Å². The fraction of sp³-hybridized carbons (Fsp3) is 0.400. The summed E-state index contributed by atoms with van der Waals surface area (Å²) >= 11 is 1.82. The van der Waals surface area contributed by atoms with Crippen LogP contribution < -0.4 is 0 Å². The van der Waals surface area contributed by atoms with Gasteiger partial charge in [0.05, 0.1) is 4.70 Å². The van der Waals surface area contributed by atoms with Gasteiger partial charge in [-0.25, -0.2) is 0 Å². The summed E-state index contributed by atoms with van der Waals surface area (Å²) in [7, 11) is 0. The zero-order valence-corrected chi connectivity index (χ0v) is 8.42. The van der Waals surface area contributed by atoms with E-state index < -0.39 is 0 Å². The molecule has 0 spiro atoms. The van der Waals surface area contributed by atoms with Gasteiger partial charge in [-0.05, 0) is 19.9 Å². The first-order chi connectivity index (χ1) is 5.72. The maximum atomic E-state index is 5.68. The molecule has 0 unspecified atom stereocenters. The van der Waals surface area contributed by atoms with Gasteiger partial charge >= 0.3 is 0 Å². The molecule has 2 rings (SSSR count). The molecule has 1 nitrogen and oxygen atoms in total. The van der Waals surface area contributed by atoms with Crippen LogP contribution in [0.1, 0.15) is 23.1 Å². The number of thiophene rings is 1. The van der Waals surface area contributed by atoms with Crippen molar-refractivity contribution in [2.45, 2.75) is 27.2 Å². The van der Waals surface area contributed by atoms with E-state index in [9.17, 15) is 0 Å². The highest BCUT2D eigenvalue weighted by atomic mass is 32.1. The molecule has 2 aromatic heterocycles. The Bertz CT molecular complexity index is 409. The second kappa shape index (κ2) is 2.63. The lowest BCUT2D eigenvalue weighted by Crippen LogP contribution is -1.71. The van der Waals surface area contributed by atoms with Crippen molar-refractivity contribution in [3.63, 3.8) is 0 Å². The third kappa shape index (κ3) is 0.985. The predicted octanol–water partition coefficient (Wildman–Crippen LogP) is 3.67. The number of hydrogen-bond donors (Lipinski definition) is 0. The molecule has 0 saturated heterocycles. The Labute approximate surface area is 76.0 Å². The molecule has 0 aliphatic heterocycles. The number of hydrogen-bond acceptors (Lipinski definition) is 2. The van der Waals surface area contributed by atoms with Crippen LogP contribution in [-0.4, -0.2) is 0 Å². The van der Waals surface area contributed by atoms with Crippen LogP contribution in [-0.2, 0) is 6.42 Å². The zero-order chi connectivity index (χ0) is 8.72. The second-order valence-electron chi connectivity index (χ2n) is 3.04. The summed E-state index contributed by atoms with van der Waals surface area (Å²) < 4.78 is 6.97. The van der Waals surface area contributed by atoms with Crippen molar-refractivity contribution in [3.8, 4) is 0 Å². The highest BCUT2D eigenvalue weighted by Crippen LogP contribution is 2.32. The van der Waals surface area contributed by atoms with Crippen molar-refractivity contribution in [1.29, 1.82) is 0 Å². The Morgan fingerprint density at radius 2 is 2.17 bits per heavy atom. The Balaban J connectivity index is 2.71. The molecule has 0 fully saturated rings. The molecular weight excluding hydrogens is 168 g/mol. The summed E-state index contributed by atoms with van der Waals surface area (Å²) in [6, 6.07) is 2.15. The Morgan fingerprint density at radius 1 is 1.42 bits per heavy atom. The van der Waals surface area contributed by atoms with Gasteiger partial charge in [-0.1, -0.05) is 6.92 Å². The maximum Gasteiger partial charge on any atom is 0.148 e. The van der Waals surface area contributed by atoms with Crippen molar-refractivity contribution >= 4 is 21.6 Å². The van der Waals surface area contributed by atoms with E-state index in [1.54, 1.807) is 0 Å². The topological polar surface area (TPSA) is 13.1 Å². The van der Waals surface area contributed by atoms with E-state index >= 15 is 0 Å². The molecule has 0 N–H and O–H groups in total. The Hall–Kier alpha value is -0.760. The van der Waals surface area contributed by atoms with Gasteiger partial charge < -0.3 is 4.42 Å². The summed E-state index contributed by atoms with van der Waals surface area (Å²) in [5.41, 5.74) is 2.39. The van der Waals surface area contributed by atoms with Crippen LogP contribution in [0.2, 0.25) is 0 Å². The van der Waals surface area contributed by atoms with Gasteiger partial charge in [0.25, 0.3) is 0 Å². The van der Waals surface area contributed by atoms with Gasteiger partial charge in [0.1, 0.15) is 11.3 Å². The minimum atomic E-state index is 0.986. The first-order valence-electron chi connectivity index (χ1n) is 4.20. The van der Waals surface area contributed by atoms with Crippen molar-refractivity contribution in [2.75, 3.05) is 0 Å². The van der Waals surface area contributed by atoms with E-state index in [2.05, 4.69) is 26.8 Å². The SMILES string of the molecule is CCc1cc2sc(C)c(C)c2o1. The highest BCUT2D eigenvalue weighted by molar-refractivity contribution is 7.19. The van der Waals surface area contributed by atoms with E-state index in [1.165, 1.54) is 15.1 Å². The van der Waals surface area contributed by atoms with Crippen molar-refractivity contribution in [3.05, 3.63) is 22.3 Å². The summed E-state index contributed by atoms with van der Waals surface area (Å²) in [4.78, 5) is 1.37. The summed E-state index contributed by atoms with van der Waals surface area (Å²) in [6.07, 6.45) is 0.986. The molecule has 2 heteroatoms. The van der Waals surface area contributed by atoms with E-state index in [1.807, 2.05) is 11.3 Å². The average molecular weight is 180 g/mol. The summed E-state index contributed by atoms with van der Waals surface area (Å²) in [5, 5.41) is 0. The number of rotatable bonds is 1. The van der Waals surface area contributed by atoms with Crippen LogP contribution in [0.25, 0.3) is 10.3 Å². The molecule has 0 amide bonds. The lowest BCUT2D eigenvalue weighted by Gasteiger charge is -1.88. The molecule has 0 aliphatic rings. The first-order valence-corrected chi connectivity index (χ1v) is 5.02. The second-order valence-corrected chi connectivity index (χ2v) is 4.30. The third-order valence-corrected chi connectivity index (χ3v) is 3.36. The molecular formula is C10H12OS. The molecule has 2 aromatic rings. The molecule has 0 aromatic carbocycles. The quantitative estimate of drug-likeness (QED) is 0.652. The lowest BCUT2D eigenvalue weighted by atomic mass is 10.3. The Kier molecular flexibility index (Phi) is 1.72. The van der Waals surface area contributed by atoms with Gasteiger partial charge in [-0.3, -0.25) is 0 Å². The molecule has 12 heavy (non-hydrogen) atoms. The van der Waals surface area contributed by atoms with Crippen molar-refractivity contribution < 1.29 is 4.42 Å². The fourth-order valence-corrected chi connectivity index (χ4v) is 2.39. The van der Waals surface area contributed by atoms with Gasteiger partial charge in [0, 0.05) is 16.9 Å². The monoisotopic (exact) mass is 180 g/mol. The number of furan rings is 1. The standard InChI is InChI=1S/C10H12OS/c1-4-8-5-9-10(11-8)6(2)7(3)12-9/h5H,4H2,1-3H3.